The number of carbonyl (C=O) groups excluding carboxylic acids is 1. The third-order valence-electron chi connectivity index (χ3n) is 4.71. The molecule has 0 bridgehead atoms. The van der Waals surface area contributed by atoms with Gasteiger partial charge in [0.25, 0.3) is 0 Å². The maximum Gasteiger partial charge on any atom is 0.244 e. The zero-order chi connectivity index (χ0) is 20.1. The van der Waals surface area contributed by atoms with E-state index in [0.29, 0.717) is 24.5 Å². The minimum atomic E-state index is -0.141. The molecular weight excluding hydrogens is 354 g/mol. The van der Waals surface area contributed by atoms with Crippen molar-refractivity contribution in [2.75, 3.05) is 20.8 Å². The SMILES string of the molecule is COc1ccc(CCNC(=O)/C=C(\C)c2oc3ccccc3c2C)cc1OC. The van der Waals surface area contributed by atoms with Crippen molar-refractivity contribution in [1.29, 1.82) is 0 Å². The predicted molar refractivity (Wildman–Crippen MR) is 111 cm³/mol. The summed E-state index contributed by atoms with van der Waals surface area (Å²) in [5.41, 5.74) is 3.74. The summed E-state index contributed by atoms with van der Waals surface area (Å²) in [4.78, 5) is 12.3. The first-order valence-electron chi connectivity index (χ1n) is 9.19. The van der Waals surface area contributed by atoms with Crippen molar-refractivity contribution in [2.45, 2.75) is 20.3 Å². The third kappa shape index (κ3) is 4.19. The van der Waals surface area contributed by atoms with Gasteiger partial charge in [-0.05, 0) is 49.6 Å². The fraction of sp³-hybridized carbons (Fsp3) is 0.261. The summed E-state index contributed by atoms with van der Waals surface area (Å²) in [6, 6.07) is 13.6. The maximum absolute atomic E-state index is 12.3. The number of fused-ring (bicyclic) bond motifs is 1. The molecule has 0 spiro atoms. The second-order valence-electron chi connectivity index (χ2n) is 6.61. The molecule has 28 heavy (non-hydrogen) atoms. The van der Waals surface area contributed by atoms with E-state index in [1.165, 1.54) is 0 Å². The van der Waals surface area contributed by atoms with Crippen LogP contribution in [0.2, 0.25) is 0 Å². The van der Waals surface area contributed by atoms with E-state index >= 15 is 0 Å². The average Bonchev–Trinajstić information content (AvgIpc) is 3.05. The number of para-hydroxylation sites is 1. The van der Waals surface area contributed by atoms with Crippen LogP contribution in [0.15, 0.2) is 53.0 Å². The summed E-state index contributed by atoms with van der Waals surface area (Å²) in [5.74, 6) is 1.98. The summed E-state index contributed by atoms with van der Waals surface area (Å²) in [6.45, 7) is 4.42. The highest BCUT2D eigenvalue weighted by molar-refractivity contribution is 5.96. The minimum absolute atomic E-state index is 0.141. The number of amides is 1. The number of hydrogen-bond donors (Lipinski definition) is 1. The number of furan rings is 1. The normalized spacial score (nSPS) is 11.5. The molecular formula is C23H25NO4. The van der Waals surface area contributed by atoms with E-state index in [9.17, 15) is 4.79 Å². The molecule has 146 valence electrons. The Morgan fingerprint density at radius 1 is 1.11 bits per heavy atom. The molecule has 1 heterocycles. The molecule has 5 heteroatoms. The fourth-order valence-electron chi connectivity index (χ4n) is 3.23. The van der Waals surface area contributed by atoms with Gasteiger partial charge in [-0.25, -0.2) is 0 Å². The lowest BCUT2D eigenvalue weighted by Crippen LogP contribution is -2.23. The van der Waals surface area contributed by atoms with Crippen LogP contribution in [-0.4, -0.2) is 26.7 Å². The van der Waals surface area contributed by atoms with E-state index in [4.69, 9.17) is 13.9 Å². The zero-order valence-corrected chi connectivity index (χ0v) is 16.7. The first-order chi connectivity index (χ1) is 13.5. The summed E-state index contributed by atoms with van der Waals surface area (Å²) in [7, 11) is 3.22. The smallest absolute Gasteiger partial charge is 0.244 e. The Kier molecular flexibility index (Phi) is 6.04. The molecule has 1 amide bonds. The van der Waals surface area contributed by atoms with Crippen molar-refractivity contribution in [1.82, 2.24) is 5.32 Å². The Morgan fingerprint density at radius 2 is 1.86 bits per heavy atom. The molecule has 0 saturated heterocycles. The van der Waals surface area contributed by atoms with Crippen LogP contribution in [-0.2, 0) is 11.2 Å². The van der Waals surface area contributed by atoms with Crippen LogP contribution in [0.1, 0.15) is 23.8 Å². The van der Waals surface area contributed by atoms with Crippen LogP contribution in [0.5, 0.6) is 11.5 Å². The van der Waals surface area contributed by atoms with Crippen molar-refractivity contribution >= 4 is 22.4 Å². The number of benzene rings is 2. The van der Waals surface area contributed by atoms with Gasteiger partial charge in [-0.3, -0.25) is 4.79 Å². The summed E-state index contributed by atoms with van der Waals surface area (Å²) in [5, 5.41) is 3.99. The van der Waals surface area contributed by atoms with Gasteiger partial charge in [0, 0.05) is 23.6 Å². The van der Waals surface area contributed by atoms with Crippen molar-refractivity contribution in [3.05, 3.63) is 65.4 Å². The Bertz CT molecular complexity index is 1020. The van der Waals surface area contributed by atoms with Gasteiger partial charge in [0.1, 0.15) is 11.3 Å². The number of allylic oxidation sites excluding steroid dienone is 1. The lowest BCUT2D eigenvalue weighted by Gasteiger charge is -2.09. The number of rotatable bonds is 7. The molecule has 0 fully saturated rings. The second kappa shape index (κ2) is 8.65. The summed E-state index contributed by atoms with van der Waals surface area (Å²) >= 11 is 0. The second-order valence-corrected chi connectivity index (χ2v) is 6.61. The predicted octanol–water partition coefficient (Wildman–Crippen LogP) is 4.52. The van der Waals surface area contributed by atoms with E-state index in [0.717, 1.165) is 33.4 Å². The van der Waals surface area contributed by atoms with Crippen molar-refractivity contribution in [3.63, 3.8) is 0 Å². The lowest BCUT2D eigenvalue weighted by atomic mass is 10.1. The molecule has 0 aliphatic heterocycles. The van der Waals surface area contributed by atoms with Crippen LogP contribution in [0.4, 0.5) is 0 Å². The molecule has 3 aromatic rings. The van der Waals surface area contributed by atoms with Crippen LogP contribution in [0, 0.1) is 6.92 Å². The molecule has 1 aromatic heterocycles. The van der Waals surface area contributed by atoms with E-state index < -0.39 is 0 Å². The Morgan fingerprint density at radius 3 is 2.57 bits per heavy atom. The summed E-state index contributed by atoms with van der Waals surface area (Å²) in [6.07, 6.45) is 2.28. The minimum Gasteiger partial charge on any atom is -0.493 e. The number of hydrogen-bond acceptors (Lipinski definition) is 4. The molecule has 0 aliphatic carbocycles. The van der Waals surface area contributed by atoms with E-state index in [-0.39, 0.29) is 5.91 Å². The molecule has 0 unspecified atom stereocenters. The van der Waals surface area contributed by atoms with Crippen LogP contribution in [0.25, 0.3) is 16.5 Å². The number of ether oxygens (including phenoxy) is 2. The zero-order valence-electron chi connectivity index (χ0n) is 16.7. The highest BCUT2D eigenvalue weighted by Gasteiger charge is 2.12. The lowest BCUT2D eigenvalue weighted by molar-refractivity contribution is -0.116. The fourth-order valence-corrected chi connectivity index (χ4v) is 3.23. The third-order valence-corrected chi connectivity index (χ3v) is 4.71. The van der Waals surface area contributed by atoms with Crippen LogP contribution >= 0.6 is 0 Å². The molecule has 0 radical (unpaired) electrons. The van der Waals surface area contributed by atoms with Crippen LogP contribution < -0.4 is 14.8 Å². The first-order valence-corrected chi connectivity index (χ1v) is 9.19. The van der Waals surface area contributed by atoms with Crippen molar-refractivity contribution in [2.24, 2.45) is 0 Å². The summed E-state index contributed by atoms with van der Waals surface area (Å²) < 4.78 is 16.5. The molecule has 2 aromatic carbocycles. The Labute approximate surface area is 164 Å². The Balaban J connectivity index is 1.62. The molecule has 0 atom stereocenters. The van der Waals surface area contributed by atoms with Gasteiger partial charge in [0.2, 0.25) is 5.91 Å². The standard InChI is InChI=1S/C23H25NO4/c1-15(23-16(2)18-7-5-6-8-19(18)28-23)13-22(25)24-12-11-17-9-10-20(26-3)21(14-17)27-4/h5-10,13-14H,11-12H2,1-4H3,(H,24,25)/b15-13+. The number of methoxy groups -OCH3 is 2. The molecule has 5 nitrogen and oxygen atoms in total. The maximum atomic E-state index is 12.3. The largest absolute Gasteiger partial charge is 0.493 e. The highest BCUT2D eigenvalue weighted by Crippen LogP contribution is 2.30. The highest BCUT2D eigenvalue weighted by atomic mass is 16.5. The van der Waals surface area contributed by atoms with Gasteiger partial charge in [0.05, 0.1) is 14.2 Å². The first kappa shape index (κ1) is 19.5. The van der Waals surface area contributed by atoms with Gasteiger partial charge < -0.3 is 19.2 Å². The van der Waals surface area contributed by atoms with Gasteiger partial charge in [-0.15, -0.1) is 0 Å². The molecule has 3 rings (SSSR count). The number of carbonyl (C=O) groups is 1. The Hall–Kier alpha value is -3.21. The van der Waals surface area contributed by atoms with Crippen LogP contribution in [0.3, 0.4) is 0 Å². The van der Waals surface area contributed by atoms with E-state index in [1.54, 1.807) is 20.3 Å². The van der Waals surface area contributed by atoms with Gasteiger partial charge in [0.15, 0.2) is 11.5 Å². The van der Waals surface area contributed by atoms with Gasteiger partial charge in [-0.2, -0.15) is 0 Å². The quantitative estimate of drug-likeness (QED) is 0.613. The van der Waals surface area contributed by atoms with E-state index in [2.05, 4.69) is 5.32 Å². The van der Waals surface area contributed by atoms with Gasteiger partial charge in [-0.1, -0.05) is 24.3 Å². The van der Waals surface area contributed by atoms with E-state index in [1.807, 2.05) is 56.3 Å². The average molecular weight is 379 g/mol. The monoisotopic (exact) mass is 379 g/mol. The van der Waals surface area contributed by atoms with Gasteiger partial charge >= 0.3 is 0 Å². The number of aryl methyl sites for hydroxylation is 1. The molecule has 0 aliphatic rings. The van der Waals surface area contributed by atoms with Crippen molar-refractivity contribution in [3.8, 4) is 11.5 Å². The topological polar surface area (TPSA) is 60.7 Å². The van der Waals surface area contributed by atoms with Crippen molar-refractivity contribution < 1.29 is 18.7 Å². The molecule has 0 saturated carbocycles. The molecule has 1 N–H and O–H groups in total. The number of nitrogens with one attached hydrogen (secondary N) is 1.